The van der Waals surface area contributed by atoms with Gasteiger partial charge in [-0.25, -0.2) is 0 Å². The molecule has 1 aromatic carbocycles. The third-order valence-electron chi connectivity index (χ3n) is 11.0. The van der Waals surface area contributed by atoms with Gasteiger partial charge in [0.05, 0.1) is 12.2 Å². The van der Waals surface area contributed by atoms with Crippen molar-refractivity contribution < 1.29 is 22.7 Å². The average Bonchev–Trinajstić information content (AvgIpc) is 2.93. The molecule has 0 bridgehead atoms. The van der Waals surface area contributed by atoms with Gasteiger partial charge in [-0.1, -0.05) is 78.4 Å². The lowest BCUT2D eigenvalue weighted by Crippen LogP contribution is -2.54. The van der Waals surface area contributed by atoms with Crippen molar-refractivity contribution in [3.63, 3.8) is 0 Å². The Morgan fingerprint density at radius 2 is 1.64 bits per heavy atom. The van der Waals surface area contributed by atoms with Gasteiger partial charge in [0.25, 0.3) is 0 Å². The summed E-state index contributed by atoms with van der Waals surface area (Å²) < 4.78 is 45.8. The lowest BCUT2D eigenvalue weighted by atomic mass is 9.61. The maximum Gasteiger partial charge on any atom is 0.416 e. The van der Waals surface area contributed by atoms with Crippen LogP contribution >= 0.6 is 0 Å². The Kier molecular flexibility index (Phi) is 11.1. The van der Waals surface area contributed by atoms with Crippen LogP contribution in [0.3, 0.4) is 0 Å². The van der Waals surface area contributed by atoms with E-state index in [9.17, 15) is 18.0 Å². The Morgan fingerprint density at radius 3 is 2.26 bits per heavy atom. The van der Waals surface area contributed by atoms with E-state index in [1.54, 1.807) is 12.1 Å². The van der Waals surface area contributed by atoms with Crippen LogP contribution in [0.25, 0.3) is 0 Å². The minimum atomic E-state index is -4.35. The molecular formula is C36H56F3NO2. The Morgan fingerprint density at radius 1 is 0.952 bits per heavy atom. The Hall–Kier alpha value is -1.56. The predicted molar refractivity (Wildman–Crippen MR) is 164 cm³/mol. The fourth-order valence-electron chi connectivity index (χ4n) is 9.07. The van der Waals surface area contributed by atoms with Crippen LogP contribution in [-0.2, 0) is 15.7 Å². The van der Waals surface area contributed by atoms with Crippen LogP contribution in [0.1, 0.15) is 142 Å². The van der Waals surface area contributed by atoms with E-state index in [-0.39, 0.29) is 29.3 Å². The number of benzene rings is 1. The van der Waals surface area contributed by atoms with E-state index in [1.807, 2.05) is 6.92 Å². The maximum atomic E-state index is 13.5. The zero-order valence-electron chi connectivity index (χ0n) is 26.9. The molecule has 2 unspecified atom stereocenters. The number of nitrogens with zero attached hydrogens (tertiary/aromatic N) is 1. The first-order chi connectivity index (χ1) is 19.8. The molecule has 0 heterocycles. The van der Waals surface area contributed by atoms with E-state index in [0.717, 1.165) is 50.1 Å². The summed E-state index contributed by atoms with van der Waals surface area (Å²) in [4.78, 5) is 15.3. The number of alkyl halides is 3. The minimum Gasteiger partial charge on any atom is -0.466 e. The lowest BCUT2D eigenvalue weighted by Gasteiger charge is -2.54. The quantitative estimate of drug-likeness (QED) is 0.254. The monoisotopic (exact) mass is 591 g/mol. The highest BCUT2D eigenvalue weighted by Crippen LogP contribution is 2.51. The minimum absolute atomic E-state index is 0.102. The van der Waals surface area contributed by atoms with Crippen molar-refractivity contribution in [3.8, 4) is 0 Å². The van der Waals surface area contributed by atoms with Crippen molar-refractivity contribution in [3.05, 3.63) is 35.4 Å². The van der Waals surface area contributed by atoms with Gasteiger partial charge in [0.2, 0.25) is 0 Å². The molecule has 3 aliphatic rings. The first-order valence-corrected chi connectivity index (χ1v) is 16.9. The van der Waals surface area contributed by atoms with E-state index >= 15 is 0 Å². The van der Waals surface area contributed by atoms with Gasteiger partial charge < -0.3 is 4.74 Å². The van der Waals surface area contributed by atoms with E-state index in [1.165, 1.54) is 63.5 Å². The molecule has 0 aliphatic heterocycles. The molecule has 0 aromatic heterocycles. The largest absolute Gasteiger partial charge is 0.466 e. The molecule has 3 saturated carbocycles. The molecule has 3 nitrogen and oxygen atoms in total. The summed E-state index contributed by atoms with van der Waals surface area (Å²) in [5, 5.41) is 0. The number of carbonyl (C=O) groups is 1. The van der Waals surface area contributed by atoms with Crippen molar-refractivity contribution in [2.75, 3.05) is 13.2 Å². The molecule has 0 amide bonds. The van der Waals surface area contributed by atoms with Gasteiger partial charge in [-0.15, -0.1) is 0 Å². The summed E-state index contributed by atoms with van der Waals surface area (Å²) in [5.41, 5.74) is 0.934. The van der Waals surface area contributed by atoms with Gasteiger partial charge in [0, 0.05) is 18.5 Å². The van der Waals surface area contributed by atoms with Crippen LogP contribution < -0.4 is 0 Å². The smallest absolute Gasteiger partial charge is 0.416 e. The maximum absolute atomic E-state index is 13.5. The van der Waals surface area contributed by atoms with Gasteiger partial charge in [-0.3, -0.25) is 9.69 Å². The fourth-order valence-corrected chi connectivity index (χ4v) is 9.07. The first-order valence-electron chi connectivity index (χ1n) is 16.9. The van der Waals surface area contributed by atoms with Crippen LogP contribution in [0.2, 0.25) is 0 Å². The topological polar surface area (TPSA) is 29.5 Å². The molecule has 0 saturated heterocycles. The third-order valence-corrected chi connectivity index (χ3v) is 11.0. The van der Waals surface area contributed by atoms with Crippen LogP contribution in [0, 0.1) is 22.7 Å². The van der Waals surface area contributed by atoms with Crippen molar-refractivity contribution in [1.29, 1.82) is 0 Å². The third kappa shape index (κ3) is 8.76. The summed E-state index contributed by atoms with van der Waals surface area (Å²) in [6.07, 6.45) is 11.4. The van der Waals surface area contributed by atoms with Crippen LogP contribution in [0.4, 0.5) is 13.2 Å². The van der Waals surface area contributed by atoms with Crippen molar-refractivity contribution in [2.45, 2.75) is 149 Å². The van der Waals surface area contributed by atoms with Gasteiger partial charge in [0.1, 0.15) is 0 Å². The summed E-state index contributed by atoms with van der Waals surface area (Å²) in [6, 6.07) is 6.67. The zero-order valence-corrected chi connectivity index (χ0v) is 26.9. The summed E-state index contributed by atoms with van der Waals surface area (Å²) in [7, 11) is 0. The van der Waals surface area contributed by atoms with E-state index < -0.39 is 11.7 Å². The second kappa shape index (κ2) is 14.0. The van der Waals surface area contributed by atoms with Gasteiger partial charge in [-0.2, -0.15) is 13.2 Å². The zero-order chi connectivity index (χ0) is 30.5. The molecule has 4 rings (SSSR count). The number of hydrogen-bond acceptors (Lipinski definition) is 3. The second-order valence-corrected chi connectivity index (χ2v) is 15.1. The van der Waals surface area contributed by atoms with Crippen LogP contribution in [0.15, 0.2) is 24.3 Å². The second-order valence-electron chi connectivity index (χ2n) is 15.1. The molecule has 42 heavy (non-hydrogen) atoms. The molecule has 0 N–H and O–H groups in total. The Balaban J connectivity index is 1.67. The van der Waals surface area contributed by atoms with E-state index in [2.05, 4.69) is 32.6 Å². The lowest BCUT2D eigenvalue weighted by molar-refractivity contribution is -0.144. The number of carbonyl (C=O) groups excluding carboxylic acids is 1. The highest BCUT2D eigenvalue weighted by atomic mass is 19.4. The standard InChI is InChI=1S/C36H56F3NO2/c1-6-35(5)24-30(23-34(3,4)25-35)40(20-19-26-11-9-8-10-12-26)32-18-13-27(22-33(41)42-7-2)21-31(32)28-14-16-29(17-15-28)36(37,38)39/h14-17,26-27,30-32H,6-13,18-25H2,1-5H3/t27-,30?,31+,32-,35?/m1/s1. The molecule has 6 heteroatoms. The van der Waals surface area contributed by atoms with Crippen LogP contribution in [-0.4, -0.2) is 36.1 Å². The predicted octanol–water partition coefficient (Wildman–Crippen LogP) is 10.2. The van der Waals surface area contributed by atoms with Crippen molar-refractivity contribution in [1.82, 2.24) is 4.90 Å². The van der Waals surface area contributed by atoms with Gasteiger partial charge in [-0.05, 0) is 105 Å². The SMILES string of the molecule is CCOC(=O)C[C@@H]1CC[C@@H](N(CCC2CCCCC2)C2CC(C)(C)CC(C)(CC)C2)[C@H](c2ccc(C(F)(F)F)cc2)C1. The number of hydrogen-bond donors (Lipinski definition) is 0. The highest BCUT2D eigenvalue weighted by Gasteiger charge is 2.46. The van der Waals surface area contributed by atoms with Gasteiger partial charge >= 0.3 is 12.1 Å². The molecule has 0 radical (unpaired) electrons. The normalized spacial score (nSPS) is 30.8. The molecule has 1 aromatic rings. The average molecular weight is 592 g/mol. The van der Waals surface area contributed by atoms with Crippen molar-refractivity contribution >= 4 is 5.97 Å². The van der Waals surface area contributed by atoms with E-state index in [0.29, 0.717) is 24.5 Å². The van der Waals surface area contributed by atoms with Crippen LogP contribution in [0.5, 0.6) is 0 Å². The molecular weight excluding hydrogens is 535 g/mol. The Bertz CT molecular complexity index is 1000. The van der Waals surface area contributed by atoms with Gasteiger partial charge in [0.15, 0.2) is 0 Å². The summed E-state index contributed by atoms with van der Waals surface area (Å²) >= 11 is 0. The molecule has 5 atom stereocenters. The molecule has 3 aliphatic carbocycles. The molecule has 3 fully saturated rings. The molecule has 0 spiro atoms. The first kappa shape index (κ1) is 33.3. The van der Waals surface area contributed by atoms with Crippen molar-refractivity contribution in [2.24, 2.45) is 22.7 Å². The fraction of sp³-hybridized carbons (Fsp3) is 0.806. The Labute approximate surface area is 253 Å². The number of rotatable bonds is 10. The number of esters is 1. The number of halogens is 3. The van der Waals surface area contributed by atoms with E-state index in [4.69, 9.17) is 4.74 Å². The number of ether oxygens (including phenoxy) is 1. The highest BCUT2D eigenvalue weighted by molar-refractivity contribution is 5.69. The molecule has 238 valence electrons. The summed E-state index contributed by atoms with van der Waals surface area (Å²) in [5.74, 6) is 0.912. The summed E-state index contributed by atoms with van der Waals surface area (Å²) in [6.45, 7) is 12.9.